The van der Waals surface area contributed by atoms with Crippen molar-refractivity contribution in [2.24, 2.45) is 17.8 Å². The molecule has 1 saturated heterocycles. The summed E-state index contributed by atoms with van der Waals surface area (Å²) in [5.41, 5.74) is -3.87. The molecule has 2 aliphatic heterocycles. The van der Waals surface area contributed by atoms with Gasteiger partial charge in [-0.1, -0.05) is 26.0 Å². The molecule has 7 atom stereocenters. The Bertz CT molecular complexity index is 2180. The van der Waals surface area contributed by atoms with Crippen LogP contribution in [0.2, 0.25) is 0 Å². The van der Waals surface area contributed by atoms with Crippen LogP contribution in [0.15, 0.2) is 36.5 Å². The number of carbonyl (C=O) groups is 4. The van der Waals surface area contributed by atoms with Crippen molar-refractivity contribution in [2.45, 2.75) is 126 Å². The second kappa shape index (κ2) is 17.8. The van der Waals surface area contributed by atoms with Crippen molar-refractivity contribution in [3.05, 3.63) is 36.5 Å². The summed E-state index contributed by atoms with van der Waals surface area (Å²) in [4.78, 5) is 62.7. The lowest BCUT2D eigenvalue weighted by Gasteiger charge is -2.35. The average molecular weight is 892 g/mol. The Morgan fingerprint density at radius 1 is 1.06 bits per heavy atom. The zero-order chi connectivity index (χ0) is 45.4. The number of pyridine rings is 1. The van der Waals surface area contributed by atoms with Crippen LogP contribution in [-0.4, -0.2) is 116 Å². The normalized spacial score (nSPS) is 28.3. The molecule has 4 amide bonds. The number of halogens is 2. The summed E-state index contributed by atoms with van der Waals surface area (Å²) < 4.78 is 84.8. The first-order valence-electron chi connectivity index (χ1n) is 21.0. The van der Waals surface area contributed by atoms with Gasteiger partial charge in [-0.3, -0.25) is 19.1 Å². The van der Waals surface area contributed by atoms with Crippen molar-refractivity contribution in [1.82, 2.24) is 25.2 Å². The third-order valence-electron chi connectivity index (χ3n) is 12.8. The number of methoxy groups -OCH3 is 2. The maximum atomic E-state index is 14.9. The first kappa shape index (κ1) is 46.7. The third-order valence-corrected chi connectivity index (χ3v) is 14.9. The minimum Gasteiger partial charge on any atom is -0.497 e. The van der Waals surface area contributed by atoms with E-state index in [0.717, 1.165) is 13.8 Å². The van der Waals surface area contributed by atoms with Crippen LogP contribution in [0.5, 0.6) is 17.4 Å². The van der Waals surface area contributed by atoms with Crippen LogP contribution >= 0.6 is 0 Å². The molecule has 0 spiro atoms. The molecule has 342 valence electrons. The number of alkyl halides is 2. The summed E-state index contributed by atoms with van der Waals surface area (Å²) in [6.07, 6.45) is 5.50. The molecule has 3 fully saturated rings. The van der Waals surface area contributed by atoms with Crippen LogP contribution in [0.25, 0.3) is 10.8 Å². The van der Waals surface area contributed by atoms with Gasteiger partial charge in [-0.2, -0.15) is 0 Å². The molecule has 6 rings (SSSR count). The van der Waals surface area contributed by atoms with Gasteiger partial charge in [-0.05, 0) is 89.3 Å². The molecule has 3 N–H and O–H groups in total. The van der Waals surface area contributed by atoms with Gasteiger partial charge in [0.25, 0.3) is 11.8 Å². The Labute approximate surface area is 361 Å². The SMILES string of the molecule is COCCOc1cnc(O[C@@H]2C[C@H]3C(=O)N[C@]4(C(=O)NS(=O)(=O)C5(C)CC5)C[C@H]4/C=C\CC[C@H](C)C[C@@H](C)[C@H](NC(=O)OC(C)(C)C(C)(F)F)C(=O)N3C2)c2ccc(OC)cc12. The van der Waals surface area contributed by atoms with Gasteiger partial charge in [-0.25, -0.2) is 27.0 Å². The van der Waals surface area contributed by atoms with Gasteiger partial charge in [0.05, 0.1) is 31.2 Å². The number of ether oxygens (including phenoxy) is 5. The second-order valence-corrected chi connectivity index (χ2v) is 20.2. The number of nitrogens with zero attached hydrogens (tertiary/aromatic N) is 2. The van der Waals surface area contributed by atoms with Crippen molar-refractivity contribution in [3.8, 4) is 17.4 Å². The zero-order valence-corrected chi connectivity index (χ0v) is 37.4. The number of hydrogen-bond donors (Lipinski definition) is 3. The van der Waals surface area contributed by atoms with E-state index >= 15 is 0 Å². The summed E-state index contributed by atoms with van der Waals surface area (Å²) in [5.74, 6) is -5.73. The summed E-state index contributed by atoms with van der Waals surface area (Å²) in [6, 6.07) is 2.57. The summed E-state index contributed by atoms with van der Waals surface area (Å²) in [6.45, 7) is 8.40. The number of hydrogen-bond acceptors (Lipinski definition) is 12. The lowest BCUT2D eigenvalue weighted by molar-refractivity contribution is -0.152. The minimum atomic E-state index is -4.08. The van der Waals surface area contributed by atoms with Gasteiger partial charge < -0.3 is 39.2 Å². The fourth-order valence-corrected chi connectivity index (χ4v) is 9.29. The van der Waals surface area contributed by atoms with Crippen LogP contribution in [0.3, 0.4) is 0 Å². The highest BCUT2D eigenvalue weighted by molar-refractivity contribution is 7.91. The van der Waals surface area contributed by atoms with Crippen molar-refractivity contribution in [1.29, 1.82) is 0 Å². The van der Waals surface area contributed by atoms with Crippen molar-refractivity contribution < 1.29 is 60.1 Å². The number of benzene rings is 1. The maximum Gasteiger partial charge on any atom is 0.408 e. The fourth-order valence-electron chi connectivity index (χ4n) is 7.97. The molecule has 1 aromatic carbocycles. The van der Waals surface area contributed by atoms with E-state index in [9.17, 15) is 36.4 Å². The Kier molecular flexibility index (Phi) is 13.4. The standard InChI is InChI=1S/C43H59F2N5O11S/c1-25-11-9-10-12-27-22-43(27,38(53)49-62(55,56)41(5)15-16-41)48-35(51)32-21-29(60-36-30-14-13-28(58-8)20-31(30)33(23-46-36)59-18-17-57-7)24-50(32)37(52)34(26(2)19-25)47-39(54)61-40(3,4)42(6,44)45/h10,12-14,20,23,25-27,29,32,34H,9,11,15-19,21-22,24H2,1-8H3,(H,47,54)(H,48,51)(H,49,53)/b12-10-/t25-,26+,27+,29+,32-,34-,43+/m0/s1. The molecule has 1 aromatic heterocycles. The monoisotopic (exact) mass is 891 g/mol. The molecule has 4 aliphatic rings. The van der Waals surface area contributed by atoms with E-state index in [4.69, 9.17) is 23.7 Å². The molecule has 3 heterocycles. The number of carbonyl (C=O) groups excluding carboxylic acids is 4. The van der Waals surface area contributed by atoms with E-state index in [1.54, 1.807) is 39.2 Å². The van der Waals surface area contributed by atoms with Crippen LogP contribution in [0.1, 0.15) is 86.5 Å². The molecule has 0 radical (unpaired) electrons. The average Bonchev–Trinajstić information content (AvgIpc) is 4.08. The number of fused-ring (bicyclic) bond motifs is 3. The highest BCUT2D eigenvalue weighted by atomic mass is 32.2. The molecule has 2 saturated carbocycles. The van der Waals surface area contributed by atoms with Crippen LogP contribution in [0, 0.1) is 17.8 Å². The van der Waals surface area contributed by atoms with E-state index < -0.39 is 85.7 Å². The molecule has 0 bridgehead atoms. The largest absolute Gasteiger partial charge is 0.497 e. The quantitative estimate of drug-likeness (QED) is 0.179. The maximum absolute atomic E-state index is 14.9. The second-order valence-electron chi connectivity index (χ2n) is 18.1. The first-order valence-corrected chi connectivity index (χ1v) is 22.5. The summed E-state index contributed by atoms with van der Waals surface area (Å²) in [5, 5.41) is 6.53. The van der Waals surface area contributed by atoms with Crippen molar-refractivity contribution >= 4 is 44.6 Å². The van der Waals surface area contributed by atoms with E-state index in [0.29, 0.717) is 67.9 Å². The minimum absolute atomic E-state index is 0.00523. The van der Waals surface area contributed by atoms with E-state index in [1.165, 1.54) is 18.2 Å². The Balaban J connectivity index is 1.36. The van der Waals surface area contributed by atoms with Crippen molar-refractivity contribution in [3.63, 3.8) is 0 Å². The lowest BCUT2D eigenvalue weighted by atomic mass is 9.88. The highest BCUT2D eigenvalue weighted by Gasteiger charge is 2.63. The topological polar surface area (TPSA) is 201 Å². The highest BCUT2D eigenvalue weighted by Crippen LogP contribution is 2.48. The Hall–Kier alpha value is -4.78. The predicted molar refractivity (Wildman–Crippen MR) is 223 cm³/mol. The molecule has 16 nitrogen and oxygen atoms in total. The van der Waals surface area contributed by atoms with Gasteiger partial charge in [0, 0.05) is 37.1 Å². The van der Waals surface area contributed by atoms with Crippen LogP contribution < -0.4 is 29.6 Å². The number of rotatable bonds is 13. The van der Waals surface area contributed by atoms with Gasteiger partial charge in [0.2, 0.25) is 27.7 Å². The molecule has 19 heteroatoms. The summed E-state index contributed by atoms with van der Waals surface area (Å²) >= 11 is 0. The van der Waals surface area contributed by atoms with Crippen LogP contribution in [0.4, 0.5) is 13.6 Å². The molecule has 2 aliphatic carbocycles. The van der Waals surface area contributed by atoms with Gasteiger partial charge in [-0.15, -0.1) is 0 Å². The van der Waals surface area contributed by atoms with Gasteiger partial charge >= 0.3 is 6.09 Å². The van der Waals surface area contributed by atoms with Crippen molar-refractivity contribution in [2.75, 3.05) is 34.0 Å². The van der Waals surface area contributed by atoms with E-state index in [1.807, 2.05) is 19.1 Å². The number of aromatic nitrogens is 1. The van der Waals surface area contributed by atoms with Gasteiger partial charge in [0.1, 0.15) is 41.8 Å². The lowest BCUT2D eigenvalue weighted by Crippen LogP contribution is -2.59. The van der Waals surface area contributed by atoms with E-state index in [2.05, 4.69) is 20.3 Å². The molecular weight excluding hydrogens is 833 g/mol. The van der Waals surface area contributed by atoms with Gasteiger partial charge in [0.15, 0.2) is 5.60 Å². The number of amides is 4. The molecule has 62 heavy (non-hydrogen) atoms. The molecule has 0 unspecified atom stereocenters. The number of sulfonamides is 1. The zero-order valence-electron chi connectivity index (χ0n) is 36.5. The fraction of sp³-hybridized carbons (Fsp3) is 0.651. The first-order chi connectivity index (χ1) is 29.0. The Morgan fingerprint density at radius 3 is 2.45 bits per heavy atom. The van der Waals surface area contributed by atoms with Crippen LogP contribution in [-0.2, 0) is 33.9 Å². The molecular formula is C43H59F2N5O11S. The smallest absolute Gasteiger partial charge is 0.408 e. The predicted octanol–water partition coefficient (Wildman–Crippen LogP) is 5.03. The number of alkyl carbamates (subject to hydrolysis) is 1. The number of nitrogens with one attached hydrogen (secondary N) is 3. The summed E-state index contributed by atoms with van der Waals surface area (Å²) in [7, 11) is -1.00. The van der Waals surface area contributed by atoms with E-state index in [-0.39, 0.29) is 37.8 Å². The number of allylic oxidation sites excluding steroid dienone is 1. The molecule has 2 aromatic rings. The third kappa shape index (κ3) is 9.87. The Morgan fingerprint density at radius 2 is 1.79 bits per heavy atom.